The van der Waals surface area contributed by atoms with E-state index in [2.05, 4.69) is 42.2 Å². The number of H-pyrrole nitrogens is 1. The van der Waals surface area contributed by atoms with Crippen molar-refractivity contribution in [2.45, 2.75) is 40.5 Å². The minimum absolute atomic E-state index is 0. The van der Waals surface area contributed by atoms with Crippen LogP contribution < -0.4 is 0 Å². The van der Waals surface area contributed by atoms with Crippen molar-refractivity contribution in [1.29, 1.82) is 0 Å². The maximum absolute atomic E-state index is 7.57. The van der Waals surface area contributed by atoms with Crippen molar-refractivity contribution in [3.8, 4) is 0 Å². The molecule has 2 aromatic rings. The number of hydrogen-bond acceptors (Lipinski definition) is 2. The van der Waals surface area contributed by atoms with Gasteiger partial charge in [0.2, 0.25) is 0 Å². The fraction of sp³-hybridized carbons (Fsp3) is 0.471. The second kappa shape index (κ2) is 21.6. The van der Waals surface area contributed by atoms with Crippen molar-refractivity contribution >= 4 is 0 Å². The number of aromatic amines is 1. The number of aliphatic hydroxyl groups is 2. The van der Waals surface area contributed by atoms with E-state index < -0.39 is 0 Å². The molecule has 0 saturated carbocycles. The van der Waals surface area contributed by atoms with Crippen LogP contribution in [0.2, 0.25) is 0 Å². The molecule has 0 bridgehead atoms. The molecule has 1 heterocycles. The normalized spacial score (nSPS) is 7.90. The summed E-state index contributed by atoms with van der Waals surface area (Å²) in [6, 6.07) is 13.3. The van der Waals surface area contributed by atoms with Crippen LogP contribution in [-0.2, 0) is 28.1 Å². The summed E-state index contributed by atoms with van der Waals surface area (Å²) in [5.41, 5.74) is 2.56. The minimum atomic E-state index is 0. The molecule has 0 unspecified atom stereocenters. The Morgan fingerprint density at radius 2 is 1.57 bits per heavy atom. The minimum Gasteiger partial charge on any atom is -0.459 e. The first-order chi connectivity index (χ1) is 9.65. The first-order valence-corrected chi connectivity index (χ1v) is 7.10. The van der Waals surface area contributed by atoms with E-state index in [1.807, 2.05) is 19.2 Å². The number of aryl methyl sites for hydroxylation is 2. The number of aromatic nitrogens is 1. The van der Waals surface area contributed by atoms with E-state index in [-0.39, 0.29) is 34.9 Å². The Labute approximate surface area is 144 Å². The quantitative estimate of drug-likeness (QED) is 0.584. The predicted molar refractivity (Wildman–Crippen MR) is 85.9 cm³/mol. The van der Waals surface area contributed by atoms with E-state index in [4.69, 9.17) is 10.2 Å². The number of rotatable bonds is 2. The molecule has 0 aliphatic carbocycles. The first kappa shape index (κ1) is 25.2. The van der Waals surface area contributed by atoms with Crippen LogP contribution in [0.5, 0.6) is 0 Å². The molecule has 0 radical (unpaired) electrons. The van der Waals surface area contributed by atoms with Crippen LogP contribution in [-0.4, -0.2) is 28.4 Å². The summed E-state index contributed by atoms with van der Waals surface area (Å²) in [5, 5.41) is 15.1. The maximum Gasteiger partial charge on any atom is 2.00 e. The molecule has 0 saturated heterocycles. The summed E-state index contributed by atoms with van der Waals surface area (Å²) in [7, 11) is 0. The molecule has 1 aromatic heterocycles. The number of nitrogens with one attached hydrogen (secondary N) is 1. The van der Waals surface area contributed by atoms with E-state index in [1.165, 1.54) is 18.4 Å². The average molecular weight is 327 g/mol. The molecule has 0 atom stereocenters. The molecule has 1 aromatic carbocycles. The maximum atomic E-state index is 7.57. The molecule has 3 N–H and O–H groups in total. The fourth-order valence-electron chi connectivity index (χ4n) is 1.24. The van der Waals surface area contributed by atoms with Crippen LogP contribution in [0, 0.1) is 13.0 Å². The van der Waals surface area contributed by atoms with Gasteiger partial charge in [-0.1, -0.05) is 25.5 Å². The van der Waals surface area contributed by atoms with E-state index in [1.54, 1.807) is 13.8 Å². The Morgan fingerprint density at radius 1 is 1.10 bits per heavy atom. The van der Waals surface area contributed by atoms with Crippen molar-refractivity contribution in [3.05, 3.63) is 53.9 Å². The topological polar surface area (TPSA) is 56.2 Å². The van der Waals surface area contributed by atoms with E-state index in [9.17, 15) is 0 Å². The summed E-state index contributed by atoms with van der Waals surface area (Å²) in [6.45, 7) is 8.03. The third-order valence-electron chi connectivity index (χ3n) is 1.95. The molecule has 3 nitrogen and oxygen atoms in total. The molecule has 21 heavy (non-hydrogen) atoms. The number of hydrogen-bond donors (Lipinski definition) is 3. The van der Waals surface area contributed by atoms with Gasteiger partial charge in [0, 0.05) is 13.2 Å². The fourth-order valence-corrected chi connectivity index (χ4v) is 1.24. The van der Waals surface area contributed by atoms with E-state index in [0.717, 1.165) is 5.69 Å². The van der Waals surface area contributed by atoms with Crippen LogP contribution in [0.25, 0.3) is 0 Å². The second-order valence-electron chi connectivity index (χ2n) is 3.92. The first-order valence-electron chi connectivity index (χ1n) is 7.10. The van der Waals surface area contributed by atoms with Crippen molar-refractivity contribution in [1.82, 2.24) is 4.98 Å². The zero-order valence-corrected chi connectivity index (χ0v) is 15.2. The van der Waals surface area contributed by atoms with Crippen molar-refractivity contribution in [2.24, 2.45) is 0 Å². The Kier molecular flexibility index (Phi) is 25.9. The summed E-state index contributed by atoms with van der Waals surface area (Å²) in [4.78, 5) is 2.94. The molecule has 0 spiro atoms. The van der Waals surface area contributed by atoms with Crippen molar-refractivity contribution in [3.63, 3.8) is 0 Å². The van der Waals surface area contributed by atoms with Gasteiger partial charge in [0.15, 0.2) is 0 Å². The van der Waals surface area contributed by atoms with Crippen LogP contribution in [0.4, 0.5) is 0 Å². The summed E-state index contributed by atoms with van der Waals surface area (Å²) < 4.78 is 0. The zero-order valence-electron chi connectivity index (χ0n) is 13.7. The molecule has 2 rings (SSSR count). The summed E-state index contributed by atoms with van der Waals surface area (Å²) in [6.07, 6.45) is 4.34. The standard InChI is InChI=1S/C8H11.C5H6N.2C2H6O.Ti/c1-2-5-8-6-3-4-7-8;1-5-3-2-4-6-5;2*1-2-3;/h3-4,6-7H,2,5H2,1H3;2,4,6H,1H3;2*3H,2H2,1H3;/q2*-1;;;+2. The van der Waals surface area contributed by atoms with Crippen LogP contribution in [0.1, 0.15) is 38.4 Å². The van der Waals surface area contributed by atoms with Gasteiger partial charge in [-0.3, -0.25) is 0 Å². The van der Waals surface area contributed by atoms with Crippen LogP contribution in [0.15, 0.2) is 36.5 Å². The second-order valence-corrected chi connectivity index (χ2v) is 3.92. The smallest absolute Gasteiger partial charge is 0.459 e. The molecular weight excluding hydrogens is 298 g/mol. The van der Waals surface area contributed by atoms with Gasteiger partial charge in [-0.05, 0) is 20.8 Å². The zero-order chi connectivity index (χ0) is 15.6. The van der Waals surface area contributed by atoms with Crippen LogP contribution >= 0.6 is 0 Å². The molecule has 0 amide bonds. The van der Waals surface area contributed by atoms with E-state index >= 15 is 0 Å². The monoisotopic (exact) mass is 327 g/mol. The molecular formula is C17H29NO2Ti. The largest absolute Gasteiger partial charge is 2.00 e. The van der Waals surface area contributed by atoms with Gasteiger partial charge in [0.05, 0.1) is 0 Å². The Hall–Kier alpha value is -0.736. The van der Waals surface area contributed by atoms with Gasteiger partial charge in [0.1, 0.15) is 0 Å². The molecule has 0 aliphatic rings. The molecule has 118 valence electrons. The van der Waals surface area contributed by atoms with Crippen LogP contribution in [0.3, 0.4) is 0 Å². The predicted octanol–water partition coefficient (Wildman–Crippen LogP) is 3.48. The third-order valence-corrected chi connectivity index (χ3v) is 1.95. The molecule has 0 fully saturated rings. The van der Waals surface area contributed by atoms with Gasteiger partial charge >= 0.3 is 21.7 Å². The Bertz CT molecular complexity index is 343. The van der Waals surface area contributed by atoms with E-state index in [0.29, 0.717) is 0 Å². The summed E-state index contributed by atoms with van der Waals surface area (Å²) >= 11 is 0. The van der Waals surface area contributed by atoms with Crippen molar-refractivity contribution < 1.29 is 31.9 Å². The van der Waals surface area contributed by atoms with Gasteiger partial charge in [0.25, 0.3) is 0 Å². The third kappa shape index (κ3) is 21.7. The Balaban J connectivity index is -0.000000223. The SMILES string of the molecule is CCC[c-]1cccc1.CCO.CCO.Cc1[c-]cc[nH]1.[Ti+2]. The van der Waals surface area contributed by atoms with Gasteiger partial charge in [-0.15, -0.1) is 6.20 Å². The Morgan fingerprint density at radius 3 is 1.81 bits per heavy atom. The average Bonchev–Trinajstić information content (AvgIpc) is 3.06. The number of aliphatic hydroxyl groups excluding tert-OH is 2. The molecule has 4 heteroatoms. The molecule has 0 aliphatic heterocycles. The van der Waals surface area contributed by atoms with Crippen molar-refractivity contribution in [2.75, 3.05) is 13.2 Å². The summed E-state index contributed by atoms with van der Waals surface area (Å²) in [5.74, 6) is 0. The van der Waals surface area contributed by atoms with Gasteiger partial charge in [-0.2, -0.15) is 17.7 Å². The van der Waals surface area contributed by atoms with Gasteiger partial charge in [-0.25, -0.2) is 24.3 Å². The van der Waals surface area contributed by atoms with Gasteiger partial charge < -0.3 is 15.2 Å².